The predicted molar refractivity (Wildman–Crippen MR) is 125 cm³/mol. The Morgan fingerprint density at radius 2 is 1.90 bits per heavy atom. The van der Waals surface area contributed by atoms with Gasteiger partial charge in [0, 0.05) is 42.9 Å². The molecule has 1 saturated heterocycles. The molecule has 4 rings (SSSR count). The van der Waals surface area contributed by atoms with Crippen molar-refractivity contribution in [1.29, 1.82) is 0 Å². The molecule has 0 atom stereocenters. The highest BCUT2D eigenvalue weighted by Gasteiger charge is 2.32. The highest BCUT2D eigenvalue weighted by molar-refractivity contribution is 7.91. The Hall–Kier alpha value is -1.78. The summed E-state index contributed by atoms with van der Waals surface area (Å²) in [6.07, 6.45) is 1.69. The number of carbonyl (C=O) groups is 1. The lowest BCUT2D eigenvalue weighted by Crippen LogP contribution is -2.43. The summed E-state index contributed by atoms with van der Waals surface area (Å²) < 4.78 is 27.5. The zero-order valence-corrected chi connectivity index (χ0v) is 19.9. The fraction of sp³-hybridized carbons (Fsp3) is 0.333. The SMILES string of the molecule is O=C(NCCc1csc(-c2ccccc2)n1)C1CCN(S(=O)(=O)c2ccc(Cl)s2)CC1. The van der Waals surface area contributed by atoms with Crippen molar-refractivity contribution >= 4 is 50.2 Å². The van der Waals surface area contributed by atoms with Crippen LogP contribution in [0.1, 0.15) is 18.5 Å². The minimum absolute atomic E-state index is 0.0188. The predicted octanol–water partition coefficient (Wildman–Crippen LogP) is 4.28. The minimum Gasteiger partial charge on any atom is -0.355 e. The number of amides is 1. The number of piperidine rings is 1. The molecular formula is C21H22ClN3O3S3. The van der Waals surface area contributed by atoms with Crippen LogP contribution >= 0.6 is 34.3 Å². The van der Waals surface area contributed by atoms with Gasteiger partial charge in [0.05, 0.1) is 10.0 Å². The molecule has 0 unspecified atom stereocenters. The Balaban J connectivity index is 1.24. The zero-order chi connectivity index (χ0) is 21.8. The van der Waals surface area contributed by atoms with Crippen LogP contribution in [0.15, 0.2) is 52.1 Å². The summed E-state index contributed by atoms with van der Waals surface area (Å²) in [6, 6.07) is 13.1. The van der Waals surface area contributed by atoms with Gasteiger partial charge in [0.1, 0.15) is 9.22 Å². The lowest BCUT2D eigenvalue weighted by molar-refractivity contribution is -0.126. The van der Waals surface area contributed by atoms with E-state index >= 15 is 0 Å². The molecule has 1 fully saturated rings. The molecule has 164 valence electrons. The van der Waals surface area contributed by atoms with Crippen LogP contribution < -0.4 is 5.32 Å². The summed E-state index contributed by atoms with van der Waals surface area (Å²) >= 11 is 8.53. The van der Waals surface area contributed by atoms with Crippen LogP contribution in [0.5, 0.6) is 0 Å². The number of hydrogen-bond donors (Lipinski definition) is 1. The normalized spacial score (nSPS) is 15.8. The molecule has 3 aromatic rings. The van der Waals surface area contributed by atoms with Gasteiger partial charge in [-0.15, -0.1) is 22.7 Å². The number of aromatic nitrogens is 1. The van der Waals surface area contributed by atoms with Gasteiger partial charge in [0.15, 0.2) is 0 Å². The lowest BCUT2D eigenvalue weighted by atomic mass is 9.97. The van der Waals surface area contributed by atoms with Gasteiger partial charge in [-0.3, -0.25) is 4.79 Å². The lowest BCUT2D eigenvalue weighted by Gasteiger charge is -2.30. The smallest absolute Gasteiger partial charge is 0.252 e. The quantitative estimate of drug-likeness (QED) is 0.530. The number of hydrogen-bond acceptors (Lipinski definition) is 6. The highest BCUT2D eigenvalue weighted by atomic mass is 35.5. The van der Waals surface area contributed by atoms with Crippen molar-refractivity contribution in [2.24, 2.45) is 5.92 Å². The second kappa shape index (κ2) is 9.79. The Labute approximate surface area is 194 Å². The summed E-state index contributed by atoms with van der Waals surface area (Å²) in [4.78, 5) is 17.2. The van der Waals surface area contributed by atoms with Crippen LogP contribution in [0.2, 0.25) is 4.34 Å². The molecule has 31 heavy (non-hydrogen) atoms. The van der Waals surface area contributed by atoms with Crippen molar-refractivity contribution < 1.29 is 13.2 Å². The maximum absolute atomic E-state index is 12.7. The fourth-order valence-corrected chi connectivity index (χ4v) is 7.48. The molecule has 1 N–H and O–H groups in total. The van der Waals surface area contributed by atoms with Gasteiger partial charge in [-0.25, -0.2) is 13.4 Å². The summed E-state index contributed by atoms with van der Waals surface area (Å²) in [5.74, 6) is -0.191. The van der Waals surface area contributed by atoms with Crippen molar-refractivity contribution in [2.75, 3.05) is 19.6 Å². The van der Waals surface area contributed by atoms with Crippen molar-refractivity contribution in [3.05, 3.63) is 57.9 Å². The van der Waals surface area contributed by atoms with Crippen LogP contribution in [-0.2, 0) is 21.2 Å². The molecule has 1 aliphatic heterocycles. The van der Waals surface area contributed by atoms with Gasteiger partial charge < -0.3 is 5.32 Å². The average Bonchev–Trinajstić information content (AvgIpc) is 3.44. The number of thiophene rings is 1. The second-order valence-electron chi connectivity index (χ2n) is 7.29. The van der Waals surface area contributed by atoms with E-state index in [1.54, 1.807) is 17.4 Å². The second-order valence-corrected chi connectivity index (χ2v) is 12.0. The third-order valence-electron chi connectivity index (χ3n) is 5.22. The highest BCUT2D eigenvalue weighted by Crippen LogP contribution is 2.30. The molecule has 3 heterocycles. The van der Waals surface area contributed by atoms with Crippen LogP contribution in [0, 0.1) is 5.92 Å². The van der Waals surface area contributed by atoms with E-state index in [1.807, 2.05) is 35.7 Å². The van der Waals surface area contributed by atoms with Gasteiger partial charge in [-0.1, -0.05) is 41.9 Å². The van der Waals surface area contributed by atoms with Crippen molar-refractivity contribution in [2.45, 2.75) is 23.5 Å². The molecule has 0 radical (unpaired) electrons. The van der Waals surface area contributed by atoms with Gasteiger partial charge in [-0.2, -0.15) is 4.31 Å². The number of benzene rings is 1. The van der Waals surface area contributed by atoms with E-state index in [-0.39, 0.29) is 16.0 Å². The van der Waals surface area contributed by atoms with E-state index in [2.05, 4.69) is 10.3 Å². The molecule has 10 heteroatoms. The monoisotopic (exact) mass is 495 g/mol. The zero-order valence-electron chi connectivity index (χ0n) is 16.7. The van der Waals surface area contributed by atoms with E-state index in [0.717, 1.165) is 27.6 Å². The van der Waals surface area contributed by atoms with Crippen molar-refractivity contribution in [1.82, 2.24) is 14.6 Å². The number of sulfonamides is 1. The molecule has 0 spiro atoms. The summed E-state index contributed by atoms with van der Waals surface area (Å²) in [6.45, 7) is 1.19. The molecule has 1 amide bonds. The number of thiazole rings is 1. The fourth-order valence-electron chi connectivity index (χ4n) is 3.52. The Morgan fingerprint density at radius 1 is 1.16 bits per heavy atom. The van der Waals surface area contributed by atoms with Crippen molar-refractivity contribution in [3.8, 4) is 10.6 Å². The first kappa shape index (κ1) is 22.4. The van der Waals surface area contributed by atoms with Gasteiger partial charge >= 0.3 is 0 Å². The van der Waals surface area contributed by atoms with E-state index < -0.39 is 10.0 Å². The first-order chi connectivity index (χ1) is 14.9. The van der Waals surface area contributed by atoms with Crippen LogP contribution in [0.4, 0.5) is 0 Å². The van der Waals surface area contributed by atoms with E-state index in [9.17, 15) is 13.2 Å². The molecule has 2 aromatic heterocycles. The van der Waals surface area contributed by atoms with Crippen LogP contribution in [0.3, 0.4) is 0 Å². The van der Waals surface area contributed by atoms with E-state index in [1.165, 1.54) is 10.4 Å². The number of rotatable bonds is 7. The van der Waals surface area contributed by atoms with Crippen molar-refractivity contribution in [3.63, 3.8) is 0 Å². The average molecular weight is 496 g/mol. The molecule has 6 nitrogen and oxygen atoms in total. The largest absolute Gasteiger partial charge is 0.355 e. The Bertz CT molecular complexity index is 1140. The van der Waals surface area contributed by atoms with Gasteiger partial charge in [0.25, 0.3) is 10.0 Å². The number of nitrogens with one attached hydrogen (secondary N) is 1. The summed E-state index contributed by atoms with van der Waals surface area (Å²) in [7, 11) is -3.54. The van der Waals surface area contributed by atoms with Crippen LogP contribution in [-0.4, -0.2) is 43.2 Å². The molecule has 1 aromatic carbocycles. The number of halogens is 1. The van der Waals surface area contributed by atoms with Crippen LogP contribution in [0.25, 0.3) is 10.6 Å². The molecule has 1 aliphatic rings. The Kier molecular flexibility index (Phi) is 7.08. The standard InChI is InChI=1S/C21H22ClN3O3S3/c22-18-6-7-19(30-18)31(27,28)25-12-9-15(10-13-25)20(26)23-11-8-17-14-29-21(24-17)16-4-2-1-3-5-16/h1-7,14-15H,8-13H2,(H,23,26). The minimum atomic E-state index is -3.54. The molecular weight excluding hydrogens is 474 g/mol. The molecule has 0 saturated carbocycles. The summed E-state index contributed by atoms with van der Waals surface area (Å²) in [5.41, 5.74) is 2.05. The topological polar surface area (TPSA) is 79.4 Å². The van der Waals surface area contributed by atoms with Gasteiger partial charge in [-0.05, 0) is 25.0 Å². The third kappa shape index (κ3) is 5.35. The maximum atomic E-state index is 12.7. The van der Waals surface area contributed by atoms with E-state index in [0.29, 0.717) is 43.2 Å². The number of nitrogens with zero attached hydrogens (tertiary/aromatic N) is 2. The third-order valence-corrected chi connectivity index (χ3v) is 9.76. The maximum Gasteiger partial charge on any atom is 0.252 e. The molecule has 0 bridgehead atoms. The summed E-state index contributed by atoms with van der Waals surface area (Å²) in [5, 5.41) is 5.98. The first-order valence-corrected chi connectivity index (χ1v) is 13.5. The Morgan fingerprint density at radius 3 is 2.58 bits per heavy atom. The first-order valence-electron chi connectivity index (χ1n) is 9.96. The molecule has 0 aliphatic carbocycles. The van der Waals surface area contributed by atoms with E-state index in [4.69, 9.17) is 11.6 Å². The van der Waals surface area contributed by atoms with Gasteiger partial charge in [0.2, 0.25) is 5.91 Å². The number of carbonyl (C=O) groups excluding carboxylic acids is 1.